The maximum absolute atomic E-state index is 13.7. The van der Waals surface area contributed by atoms with E-state index in [1.165, 1.54) is 24.3 Å². The van der Waals surface area contributed by atoms with Crippen molar-refractivity contribution in [3.8, 4) is 0 Å². The van der Waals surface area contributed by atoms with Crippen molar-refractivity contribution in [1.82, 2.24) is 20.4 Å². The van der Waals surface area contributed by atoms with Gasteiger partial charge in [0.25, 0.3) is 0 Å². The van der Waals surface area contributed by atoms with Crippen molar-refractivity contribution in [1.29, 1.82) is 0 Å². The van der Waals surface area contributed by atoms with Crippen LogP contribution in [0.2, 0.25) is 0 Å². The number of rotatable bonds is 9. The normalized spacial score (nSPS) is 17.2. The molecule has 2 N–H and O–H groups in total. The molecule has 238 valence electrons. The molecule has 45 heavy (non-hydrogen) atoms. The lowest BCUT2D eigenvalue weighted by Gasteiger charge is -2.27. The first-order valence-electron chi connectivity index (χ1n) is 15.3. The molecule has 0 aliphatic carbocycles. The van der Waals surface area contributed by atoms with Crippen LogP contribution in [-0.4, -0.2) is 65.0 Å². The number of likely N-dealkylation sites (tertiary alicyclic amines) is 1. The molecule has 3 aromatic carbocycles. The minimum atomic E-state index is -1.09. The SMILES string of the molecule is CC(C)(C)OC(=O)N[C@@H](CC(=O)NC1CCN(CC(c2ccc(F)cc2)c2ccc(F)cc2)C1)C(=O)N1Cc2ccccc2C1. The summed E-state index contributed by atoms with van der Waals surface area (Å²) in [7, 11) is 0. The number of hydrogen-bond donors (Lipinski definition) is 2. The van der Waals surface area contributed by atoms with E-state index in [-0.39, 0.29) is 41.8 Å². The van der Waals surface area contributed by atoms with Crippen LogP contribution in [0, 0.1) is 11.6 Å². The van der Waals surface area contributed by atoms with Gasteiger partial charge in [-0.2, -0.15) is 0 Å². The average Bonchev–Trinajstić information content (AvgIpc) is 3.62. The Labute approximate surface area is 262 Å². The fourth-order valence-electron chi connectivity index (χ4n) is 6.00. The van der Waals surface area contributed by atoms with Gasteiger partial charge in [-0.05, 0) is 73.7 Å². The number of carbonyl (C=O) groups excluding carboxylic acids is 3. The summed E-state index contributed by atoms with van der Waals surface area (Å²) in [4.78, 5) is 43.4. The van der Waals surface area contributed by atoms with Crippen LogP contribution in [0.3, 0.4) is 0 Å². The maximum atomic E-state index is 13.7. The Bertz CT molecular complexity index is 1440. The zero-order chi connectivity index (χ0) is 32.1. The predicted octanol–water partition coefficient (Wildman–Crippen LogP) is 5.11. The van der Waals surface area contributed by atoms with Gasteiger partial charge in [0.15, 0.2) is 0 Å². The van der Waals surface area contributed by atoms with Crippen molar-refractivity contribution in [2.45, 2.75) is 70.3 Å². The second kappa shape index (κ2) is 13.8. The monoisotopic (exact) mass is 618 g/mol. The van der Waals surface area contributed by atoms with Gasteiger partial charge in [-0.3, -0.25) is 9.59 Å². The lowest BCUT2D eigenvalue weighted by atomic mass is 9.90. The summed E-state index contributed by atoms with van der Waals surface area (Å²) in [5, 5.41) is 5.68. The minimum absolute atomic E-state index is 0.120. The second-order valence-corrected chi connectivity index (χ2v) is 12.8. The van der Waals surface area contributed by atoms with Crippen LogP contribution >= 0.6 is 0 Å². The molecule has 0 radical (unpaired) electrons. The first-order chi connectivity index (χ1) is 21.4. The van der Waals surface area contributed by atoms with Gasteiger partial charge in [-0.25, -0.2) is 13.6 Å². The number of carbonyl (C=O) groups is 3. The molecule has 0 spiro atoms. The number of fused-ring (bicyclic) bond motifs is 1. The molecule has 1 unspecified atom stereocenters. The first kappa shape index (κ1) is 32.1. The molecular formula is C35H40F2N4O4. The van der Waals surface area contributed by atoms with Gasteiger partial charge < -0.3 is 25.2 Å². The van der Waals surface area contributed by atoms with Gasteiger partial charge in [0, 0.05) is 44.7 Å². The third-order valence-corrected chi connectivity index (χ3v) is 8.15. The number of hydrogen-bond acceptors (Lipinski definition) is 5. The van der Waals surface area contributed by atoms with E-state index in [2.05, 4.69) is 15.5 Å². The molecule has 2 aliphatic rings. The Hall–Kier alpha value is -4.31. The van der Waals surface area contributed by atoms with E-state index in [0.29, 0.717) is 39.1 Å². The zero-order valence-electron chi connectivity index (χ0n) is 25.9. The Kier molecular flexibility index (Phi) is 9.82. The molecule has 0 bridgehead atoms. The lowest BCUT2D eigenvalue weighted by molar-refractivity contribution is -0.136. The van der Waals surface area contributed by atoms with Crippen molar-refractivity contribution in [2.24, 2.45) is 0 Å². The van der Waals surface area contributed by atoms with Crippen molar-refractivity contribution in [3.63, 3.8) is 0 Å². The van der Waals surface area contributed by atoms with Gasteiger partial charge in [0.1, 0.15) is 23.3 Å². The molecule has 3 amide bonds. The molecule has 5 rings (SSSR count). The highest BCUT2D eigenvalue weighted by molar-refractivity contribution is 5.91. The van der Waals surface area contributed by atoms with Crippen molar-refractivity contribution in [3.05, 3.63) is 107 Å². The summed E-state index contributed by atoms with van der Waals surface area (Å²) >= 11 is 0. The summed E-state index contributed by atoms with van der Waals surface area (Å²) in [6.07, 6.45) is -0.287. The van der Waals surface area contributed by atoms with Crippen molar-refractivity contribution < 1.29 is 27.9 Å². The third-order valence-electron chi connectivity index (χ3n) is 8.15. The van der Waals surface area contributed by atoms with E-state index in [0.717, 1.165) is 22.3 Å². The highest BCUT2D eigenvalue weighted by Crippen LogP contribution is 2.28. The summed E-state index contributed by atoms with van der Waals surface area (Å²) < 4.78 is 32.7. The van der Waals surface area contributed by atoms with E-state index in [1.807, 2.05) is 24.3 Å². The molecule has 8 nitrogen and oxygen atoms in total. The molecule has 2 heterocycles. The van der Waals surface area contributed by atoms with Crippen LogP contribution in [0.4, 0.5) is 13.6 Å². The number of nitrogens with zero attached hydrogens (tertiary/aromatic N) is 2. The van der Waals surface area contributed by atoms with Crippen LogP contribution < -0.4 is 10.6 Å². The molecule has 2 atom stereocenters. The quantitative estimate of drug-likeness (QED) is 0.348. The predicted molar refractivity (Wildman–Crippen MR) is 166 cm³/mol. The van der Waals surface area contributed by atoms with E-state index in [4.69, 9.17) is 4.74 Å². The van der Waals surface area contributed by atoms with E-state index in [1.54, 1.807) is 49.9 Å². The summed E-state index contributed by atoms with van der Waals surface area (Å²) in [5.74, 6) is -1.46. The third kappa shape index (κ3) is 8.66. The molecule has 0 saturated carbocycles. The zero-order valence-corrected chi connectivity index (χ0v) is 25.9. The van der Waals surface area contributed by atoms with Crippen LogP contribution in [0.5, 0.6) is 0 Å². The molecule has 0 aromatic heterocycles. The van der Waals surface area contributed by atoms with Gasteiger partial charge in [-0.1, -0.05) is 48.5 Å². The van der Waals surface area contributed by atoms with Gasteiger partial charge in [0.05, 0.1) is 6.42 Å². The van der Waals surface area contributed by atoms with Crippen LogP contribution in [0.1, 0.15) is 61.8 Å². The maximum Gasteiger partial charge on any atom is 0.408 e. The molecule has 10 heteroatoms. The number of halogens is 2. The lowest BCUT2D eigenvalue weighted by Crippen LogP contribution is -2.51. The van der Waals surface area contributed by atoms with Crippen LogP contribution in [0.25, 0.3) is 0 Å². The van der Waals surface area contributed by atoms with E-state index in [9.17, 15) is 23.2 Å². The number of alkyl carbamates (subject to hydrolysis) is 1. The number of ether oxygens (including phenoxy) is 1. The fourth-order valence-corrected chi connectivity index (χ4v) is 6.00. The summed E-state index contributed by atoms with van der Waals surface area (Å²) in [6.45, 7) is 7.90. The summed E-state index contributed by atoms with van der Waals surface area (Å²) in [5.41, 5.74) is 3.13. The van der Waals surface area contributed by atoms with Gasteiger partial charge in [-0.15, -0.1) is 0 Å². The van der Waals surface area contributed by atoms with Crippen molar-refractivity contribution >= 4 is 17.9 Å². The van der Waals surface area contributed by atoms with Crippen LogP contribution in [0.15, 0.2) is 72.8 Å². The Morgan fingerprint density at radius 3 is 1.98 bits per heavy atom. The fraction of sp³-hybridized carbons (Fsp3) is 0.400. The van der Waals surface area contributed by atoms with E-state index < -0.39 is 17.7 Å². The largest absolute Gasteiger partial charge is 0.444 e. The highest BCUT2D eigenvalue weighted by atomic mass is 19.1. The smallest absolute Gasteiger partial charge is 0.408 e. The number of nitrogens with one attached hydrogen (secondary N) is 2. The first-order valence-corrected chi connectivity index (χ1v) is 15.3. The highest BCUT2D eigenvalue weighted by Gasteiger charge is 2.34. The number of amides is 3. The van der Waals surface area contributed by atoms with Crippen LogP contribution in [-0.2, 0) is 27.4 Å². The Morgan fingerprint density at radius 1 is 0.889 bits per heavy atom. The van der Waals surface area contributed by atoms with E-state index >= 15 is 0 Å². The number of benzene rings is 3. The van der Waals surface area contributed by atoms with Gasteiger partial charge in [0.2, 0.25) is 11.8 Å². The molecule has 1 fully saturated rings. The molecular weight excluding hydrogens is 578 g/mol. The molecule has 1 saturated heterocycles. The van der Waals surface area contributed by atoms with Crippen molar-refractivity contribution in [2.75, 3.05) is 19.6 Å². The topological polar surface area (TPSA) is 91.0 Å². The second-order valence-electron chi connectivity index (χ2n) is 12.8. The average molecular weight is 619 g/mol. The Balaban J connectivity index is 1.22. The molecule has 2 aliphatic heterocycles. The van der Waals surface area contributed by atoms with Gasteiger partial charge >= 0.3 is 6.09 Å². The Morgan fingerprint density at radius 2 is 1.44 bits per heavy atom. The summed E-state index contributed by atoms with van der Waals surface area (Å²) in [6, 6.07) is 19.2. The molecule has 3 aromatic rings. The minimum Gasteiger partial charge on any atom is -0.444 e. The standard InChI is InChI=1S/C35H40F2N4O4/c1-35(2,3)45-34(44)39-31(33(43)41-19-25-6-4-5-7-26(25)20-41)18-32(42)38-29-16-17-40(21-29)22-30(23-8-12-27(36)13-9-23)24-10-14-28(37)15-11-24/h4-15,29-31H,16-22H2,1-3H3,(H,38,42)(H,39,44)/t29?,31-/m0/s1.